The second-order valence-electron chi connectivity index (χ2n) is 20.4. The minimum atomic E-state index is -1.15. The predicted molar refractivity (Wildman–Crippen MR) is 355 cm³/mol. The molecule has 1 heterocycles. The van der Waals surface area contributed by atoms with Gasteiger partial charge in [-0.05, 0) is 48.1 Å². The summed E-state index contributed by atoms with van der Waals surface area (Å²) in [5, 5.41) is 31.0. The second kappa shape index (κ2) is 66.4. The lowest BCUT2D eigenvalue weighted by Gasteiger charge is -2.29. The molecule has 1 amide bonds. The minimum Gasteiger partial charge on any atom is -0.481 e. The van der Waals surface area contributed by atoms with E-state index in [1.165, 1.54) is 116 Å². The molecule has 0 aromatic rings. The van der Waals surface area contributed by atoms with Gasteiger partial charge in [-0.2, -0.15) is 0 Å². The molecule has 0 radical (unpaired) electrons. The number of likely N-dealkylation sites (N-methyl/N-ethyl adjacent to an activating group) is 5. The van der Waals surface area contributed by atoms with E-state index in [9.17, 15) is 86.3 Å². The first kappa shape index (κ1) is 108. The zero-order valence-corrected chi connectivity index (χ0v) is 62.7. The molecule has 9 N–H and O–H groups in total. The molecule has 43 heteroatoms. The molecule has 1 aliphatic rings. The van der Waals surface area contributed by atoms with Crippen molar-refractivity contribution in [3.8, 4) is 0 Å². The summed E-state index contributed by atoms with van der Waals surface area (Å²) in [5.41, 5.74) is 10.5. The number of nitrogens with two attached hydrogens (primary N) is 2. The number of carboxylic acid groups (broad SMARTS) is 3. The Bertz CT molecular complexity index is 2630. The highest BCUT2D eigenvalue weighted by molar-refractivity contribution is 5.86. The van der Waals surface area contributed by atoms with E-state index in [4.69, 9.17) is 26.8 Å². The maximum atomic E-state index is 11.4. The van der Waals surface area contributed by atoms with Crippen LogP contribution >= 0.6 is 0 Å². The van der Waals surface area contributed by atoms with Gasteiger partial charge in [0.2, 0.25) is 5.91 Å². The molecule has 1 saturated heterocycles. The average molecular weight is 1510 g/mol. The molecule has 104 heavy (non-hydrogen) atoms. The molecule has 7 atom stereocenters. The Labute approximate surface area is 602 Å². The van der Waals surface area contributed by atoms with Crippen molar-refractivity contribution < 1.29 is 168 Å². The van der Waals surface area contributed by atoms with Crippen LogP contribution in [0.1, 0.15) is 64.7 Å². The van der Waals surface area contributed by atoms with Gasteiger partial charge in [0, 0.05) is 38.9 Å². The van der Waals surface area contributed by atoms with Crippen LogP contribution < -0.4 is 22.1 Å². The van der Waals surface area contributed by atoms with Crippen molar-refractivity contribution in [3.05, 3.63) is 0 Å². The predicted octanol–water partition coefficient (Wildman–Crippen LogP) is -4.83. The maximum absolute atomic E-state index is 11.4. The number of amides is 1. The summed E-state index contributed by atoms with van der Waals surface area (Å²) in [4.78, 5) is 201. The van der Waals surface area contributed by atoms with Gasteiger partial charge in [-0.3, -0.25) is 106 Å². The number of nitrogens with zero attached hydrogens (tertiary/aromatic N) is 4. The van der Waals surface area contributed by atoms with E-state index in [-0.39, 0.29) is 113 Å². The molecule has 0 spiro atoms. The number of carbonyl (C=O) groups is 18. The highest BCUT2D eigenvalue weighted by atomic mass is 16.6. The minimum absolute atomic E-state index is 0.00352. The summed E-state index contributed by atoms with van der Waals surface area (Å²) in [6.07, 6.45) is -0.166. The largest absolute Gasteiger partial charge is 0.481 e. The van der Waals surface area contributed by atoms with Crippen molar-refractivity contribution in [2.75, 3.05) is 181 Å². The van der Waals surface area contributed by atoms with Crippen molar-refractivity contribution in [2.24, 2.45) is 23.3 Å². The second-order valence-corrected chi connectivity index (χ2v) is 20.4. The fourth-order valence-corrected chi connectivity index (χ4v) is 7.17. The van der Waals surface area contributed by atoms with Crippen LogP contribution in [0.4, 0.5) is 0 Å². The summed E-state index contributed by atoms with van der Waals surface area (Å²) in [7, 11) is 25.6. The number of carboxylic acids is 3. The van der Waals surface area contributed by atoms with Crippen molar-refractivity contribution >= 4 is 107 Å². The number of piperazine rings is 1. The molecule has 0 bridgehead atoms. The first-order valence-electron chi connectivity index (χ1n) is 30.5. The van der Waals surface area contributed by atoms with Gasteiger partial charge in [0.1, 0.15) is 30.2 Å². The van der Waals surface area contributed by atoms with E-state index in [1.807, 2.05) is 0 Å². The molecule has 1 aliphatic heterocycles. The lowest BCUT2D eigenvalue weighted by Crippen LogP contribution is -2.56. The summed E-state index contributed by atoms with van der Waals surface area (Å²) in [5.74, 6) is -11.5. The molecule has 0 aliphatic carbocycles. The Morgan fingerprint density at radius 1 is 0.462 bits per heavy atom. The van der Waals surface area contributed by atoms with Crippen molar-refractivity contribution in [2.45, 2.75) is 94.9 Å². The fraction of sp³-hybridized carbons (Fsp3) is 0.705. The topological polar surface area (TPSA) is 586 Å². The first-order valence-corrected chi connectivity index (χ1v) is 30.5. The zero-order chi connectivity index (χ0) is 82.4. The number of hydrogen-bond acceptors (Lipinski definition) is 39. The van der Waals surface area contributed by atoms with Crippen LogP contribution in [0.15, 0.2) is 0 Å². The van der Waals surface area contributed by atoms with Crippen molar-refractivity contribution in [1.29, 1.82) is 0 Å². The van der Waals surface area contributed by atoms with E-state index in [0.717, 1.165) is 7.11 Å². The van der Waals surface area contributed by atoms with Crippen LogP contribution in [0.2, 0.25) is 0 Å². The molecular weight excluding hydrogens is 1400 g/mol. The van der Waals surface area contributed by atoms with Crippen molar-refractivity contribution in [1.82, 2.24) is 30.2 Å². The third kappa shape index (κ3) is 56.8. The van der Waals surface area contributed by atoms with Crippen molar-refractivity contribution in [3.63, 3.8) is 0 Å². The summed E-state index contributed by atoms with van der Waals surface area (Å²) in [6.45, 7) is 2.43. The third-order valence-corrected chi connectivity index (χ3v) is 13.1. The summed E-state index contributed by atoms with van der Waals surface area (Å²) >= 11 is 0. The van der Waals surface area contributed by atoms with E-state index in [1.54, 1.807) is 37.9 Å². The number of ether oxygens (including phenoxy) is 14. The van der Waals surface area contributed by atoms with Gasteiger partial charge >= 0.3 is 101 Å². The lowest BCUT2D eigenvalue weighted by atomic mass is 10.00. The number of carbonyl (C=O) groups excluding carboxylic acids is 15. The molecule has 0 aromatic heterocycles. The zero-order valence-electron chi connectivity index (χ0n) is 62.7. The smallest absolute Gasteiger partial charge is 0.324 e. The Balaban J connectivity index is -0.000000209. The molecule has 602 valence electrons. The molecule has 1 fully saturated rings. The van der Waals surface area contributed by atoms with Gasteiger partial charge in [-0.15, -0.1) is 0 Å². The Morgan fingerprint density at radius 2 is 0.817 bits per heavy atom. The molecular formula is C61H108N8O35. The lowest BCUT2D eigenvalue weighted by molar-refractivity contribution is -0.154. The monoisotopic (exact) mass is 1510 g/mol. The van der Waals surface area contributed by atoms with Crippen LogP contribution in [0.3, 0.4) is 0 Å². The number of hydrogen-bond donors (Lipinski definition) is 7. The van der Waals surface area contributed by atoms with Crippen LogP contribution in [-0.2, 0) is 153 Å². The van der Waals surface area contributed by atoms with E-state index in [0.29, 0.717) is 19.5 Å². The summed E-state index contributed by atoms with van der Waals surface area (Å²) < 4.78 is 62.1. The molecule has 0 aromatic carbocycles. The van der Waals surface area contributed by atoms with Gasteiger partial charge in [-0.25, -0.2) is 0 Å². The summed E-state index contributed by atoms with van der Waals surface area (Å²) in [6, 6.07) is -3.44. The highest BCUT2D eigenvalue weighted by Crippen LogP contribution is 2.16. The van der Waals surface area contributed by atoms with Crippen LogP contribution in [0.5, 0.6) is 0 Å². The number of aliphatic carboxylic acids is 3. The molecule has 0 saturated carbocycles. The number of rotatable bonds is 34. The third-order valence-electron chi connectivity index (χ3n) is 13.1. The number of esters is 14. The SMILES string of the molecule is CCC(=O)OC.CNCC(C(=O)OC)N(C)CC(=O)OC.COC(=O)C(CN)N(C)CC(=O)O.COC(=O)C1CNC(=O)CN1C.COC(=O)CC(N)C(=O)OC.COC(=O)CCC(CC(=O)O)C(=O)OC.COC(=O)CCC(CC(=O)OC)C(=O)OC.COC(=O)CN(C)C(CC(=O)O)C(=O)OC. The Hall–Kier alpha value is -9.82. The van der Waals surface area contributed by atoms with Crippen LogP contribution in [0, 0.1) is 11.8 Å². The first-order chi connectivity index (χ1) is 48.6. The molecule has 7 unspecified atom stereocenters. The van der Waals surface area contributed by atoms with Gasteiger partial charge in [-0.1, -0.05) is 6.92 Å². The molecule has 43 nitrogen and oxygen atoms in total. The number of nitrogens with one attached hydrogen (secondary N) is 2. The maximum Gasteiger partial charge on any atom is 0.324 e. The number of methoxy groups -OCH3 is 14. The van der Waals surface area contributed by atoms with Crippen LogP contribution in [-0.4, -0.2) is 353 Å². The van der Waals surface area contributed by atoms with E-state index >= 15 is 0 Å². The molecule has 1 rings (SSSR count). The average Bonchev–Trinajstić information content (AvgIpc) is 0.868. The van der Waals surface area contributed by atoms with E-state index in [2.05, 4.69) is 76.9 Å². The normalized spacial score (nSPS) is 13.2. The van der Waals surface area contributed by atoms with Gasteiger partial charge in [0.25, 0.3) is 0 Å². The van der Waals surface area contributed by atoms with Gasteiger partial charge in [0.05, 0.1) is 163 Å². The standard InChI is InChI=1S/C10H16O6.C9H18N2O4.C9H15NO6.C9H14O6.C7H14N2O4.C7H12N2O3.C6H11NO4.C4H8O2/c1-14-8(11)5-4-7(10(13)16-3)6-9(12)15-2;1-10-5-7(9(13)15-4)11(2)6-8(12)14-3;1-10(5-8(13)15-2)6(4-7(11)12)9(14)16-3;1-14-8(12)4-3-6(5-7(10)11)9(13)15-2;1-9(4-6(10)11)5(3-8)7(12)13-2;1-9-4-6(10)8-3-5(9)7(11)12-2;1-10-5(8)3-4(7)6(9)11-2;1-3-4(5)6-2/h7H,4-6H2,1-3H3;7,10H,5-6H2,1-4H3;6H,4-5H2,1-3H3,(H,11,12);6H,3-5H2,1-2H3,(H,10,11);5H,3-4,8H2,1-2H3,(H,10,11);5H,3-4H2,1-2H3,(H,8,10);4H,3,7H2,1-2H3;3H2,1-2H3. The quantitative estimate of drug-likeness (QED) is 0.0235. The van der Waals surface area contributed by atoms with Gasteiger partial charge < -0.3 is 104 Å². The van der Waals surface area contributed by atoms with E-state index < -0.39 is 120 Å². The fourth-order valence-electron chi connectivity index (χ4n) is 7.17. The van der Waals surface area contributed by atoms with Gasteiger partial charge in [0.15, 0.2) is 0 Å². The highest BCUT2D eigenvalue weighted by Gasteiger charge is 2.32. The Kier molecular flexibility index (Phi) is 68.7. The Morgan fingerprint density at radius 3 is 1.13 bits per heavy atom. The van der Waals surface area contributed by atoms with Crippen LogP contribution in [0.25, 0.3) is 0 Å².